The zero-order valence-corrected chi connectivity index (χ0v) is 17.4. The third-order valence-corrected chi connectivity index (χ3v) is 5.20. The van der Waals surface area contributed by atoms with Crippen molar-refractivity contribution in [3.05, 3.63) is 105 Å². The molecule has 0 radical (unpaired) electrons. The maximum atomic E-state index is 14.7. The molecule has 4 aromatic rings. The number of rotatable bonds is 6. The molecule has 0 bridgehead atoms. The van der Waals surface area contributed by atoms with Gasteiger partial charge in [-0.15, -0.1) is 0 Å². The molecule has 0 atom stereocenters. The third kappa shape index (κ3) is 3.97. The SMILES string of the molecule is COc1ccc(Cn2cc(C(=O)c3ccc(OC)cc3)c(=O)c3cc(F)cc(F)c32)cc1. The number of halogens is 2. The molecule has 3 aromatic carbocycles. The van der Waals surface area contributed by atoms with Gasteiger partial charge in [0.15, 0.2) is 11.6 Å². The Balaban J connectivity index is 1.88. The second-order valence-corrected chi connectivity index (χ2v) is 7.19. The molecule has 0 saturated carbocycles. The van der Waals surface area contributed by atoms with E-state index in [-0.39, 0.29) is 28.6 Å². The maximum absolute atomic E-state index is 14.7. The minimum Gasteiger partial charge on any atom is -0.497 e. The minimum absolute atomic E-state index is 0.0708. The number of hydrogen-bond donors (Lipinski definition) is 0. The second kappa shape index (κ2) is 8.63. The minimum atomic E-state index is -0.892. The van der Waals surface area contributed by atoms with E-state index in [0.29, 0.717) is 11.5 Å². The molecule has 4 rings (SSSR count). The summed E-state index contributed by atoms with van der Waals surface area (Å²) in [5.41, 5.74) is 0.0577. The van der Waals surface area contributed by atoms with Crippen LogP contribution in [-0.2, 0) is 6.54 Å². The highest BCUT2D eigenvalue weighted by molar-refractivity contribution is 6.10. The van der Waals surface area contributed by atoms with Crippen LogP contribution in [0.15, 0.2) is 71.7 Å². The van der Waals surface area contributed by atoms with Crippen LogP contribution < -0.4 is 14.9 Å². The lowest BCUT2D eigenvalue weighted by Crippen LogP contribution is -2.21. The smallest absolute Gasteiger partial charge is 0.200 e. The number of benzene rings is 3. The van der Waals surface area contributed by atoms with E-state index in [0.717, 1.165) is 17.7 Å². The van der Waals surface area contributed by atoms with Crippen molar-refractivity contribution in [2.45, 2.75) is 6.54 Å². The van der Waals surface area contributed by atoms with Crippen LogP contribution in [0.1, 0.15) is 21.5 Å². The average molecular weight is 435 g/mol. The van der Waals surface area contributed by atoms with Crippen LogP contribution in [0, 0.1) is 11.6 Å². The van der Waals surface area contributed by atoms with Crippen molar-refractivity contribution >= 4 is 16.7 Å². The number of pyridine rings is 1. The summed E-state index contributed by atoms with van der Waals surface area (Å²) in [6.07, 6.45) is 1.32. The normalized spacial score (nSPS) is 10.9. The molecule has 7 heteroatoms. The van der Waals surface area contributed by atoms with Gasteiger partial charge in [-0.05, 0) is 48.0 Å². The van der Waals surface area contributed by atoms with Crippen molar-refractivity contribution in [2.75, 3.05) is 14.2 Å². The summed E-state index contributed by atoms with van der Waals surface area (Å²) in [6.45, 7) is 0.159. The van der Waals surface area contributed by atoms with Crippen molar-refractivity contribution in [3.8, 4) is 11.5 Å². The van der Waals surface area contributed by atoms with Gasteiger partial charge in [-0.1, -0.05) is 12.1 Å². The van der Waals surface area contributed by atoms with E-state index in [9.17, 15) is 18.4 Å². The van der Waals surface area contributed by atoms with Gasteiger partial charge in [0.25, 0.3) is 0 Å². The van der Waals surface area contributed by atoms with Crippen LogP contribution in [0.3, 0.4) is 0 Å². The number of carbonyl (C=O) groups is 1. The van der Waals surface area contributed by atoms with Gasteiger partial charge in [-0.2, -0.15) is 0 Å². The second-order valence-electron chi connectivity index (χ2n) is 7.19. The summed E-state index contributed by atoms with van der Waals surface area (Å²) < 4.78 is 40.4. The predicted molar refractivity (Wildman–Crippen MR) is 117 cm³/mol. The standard InChI is InChI=1S/C25H19F2NO4/c1-31-18-7-3-15(4-8-18)13-28-14-21(24(29)16-5-9-19(32-2)10-6-16)25(30)20-11-17(26)12-22(27)23(20)28/h3-12,14H,13H2,1-2H3. The molecule has 0 aliphatic heterocycles. The van der Waals surface area contributed by atoms with Crippen molar-refractivity contribution in [2.24, 2.45) is 0 Å². The highest BCUT2D eigenvalue weighted by Gasteiger charge is 2.20. The van der Waals surface area contributed by atoms with Crippen molar-refractivity contribution in [1.29, 1.82) is 0 Å². The monoisotopic (exact) mass is 435 g/mol. The summed E-state index contributed by atoms with van der Waals surface area (Å²) in [4.78, 5) is 26.2. The quantitative estimate of drug-likeness (QED) is 0.416. The van der Waals surface area contributed by atoms with Crippen molar-refractivity contribution < 1.29 is 23.0 Å². The number of fused-ring (bicyclic) bond motifs is 1. The first-order chi connectivity index (χ1) is 15.4. The molecule has 32 heavy (non-hydrogen) atoms. The van der Waals surface area contributed by atoms with E-state index < -0.39 is 22.8 Å². The van der Waals surface area contributed by atoms with Crippen LogP contribution in [0.5, 0.6) is 11.5 Å². The third-order valence-electron chi connectivity index (χ3n) is 5.20. The zero-order valence-electron chi connectivity index (χ0n) is 17.4. The van der Waals surface area contributed by atoms with E-state index in [4.69, 9.17) is 9.47 Å². The number of hydrogen-bond acceptors (Lipinski definition) is 4. The number of carbonyl (C=O) groups excluding carboxylic acids is 1. The van der Waals surface area contributed by atoms with Crippen molar-refractivity contribution in [3.63, 3.8) is 0 Å². The van der Waals surface area contributed by atoms with Crippen LogP contribution in [-0.4, -0.2) is 24.6 Å². The largest absolute Gasteiger partial charge is 0.497 e. The van der Waals surface area contributed by atoms with Gasteiger partial charge in [0.1, 0.15) is 17.3 Å². The topological polar surface area (TPSA) is 57.5 Å². The number of ether oxygens (including phenoxy) is 2. The lowest BCUT2D eigenvalue weighted by molar-refractivity contribution is 0.103. The Hall–Kier alpha value is -4.00. The molecule has 0 aliphatic rings. The van der Waals surface area contributed by atoms with Gasteiger partial charge in [0, 0.05) is 24.4 Å². The van der Waals surface area contributed by atoms with Gasteiger partial charge < -0.3 is 14.0 Å². The highest BCUT2D eigenvalue weighted by Crippen LogP contribution is 2.22. The Labute approximate surface area is 182 Å². The molecule has 5 nitrogen and oxygen atoms in total. The lowest BCUT2D eigenvalue weighted by atomic mass is 10.0. The summed E-state index contributed by atoms with van der Waals surface area (Å²) in [7, 11) is 3.05. The van der Waals surface area contributed by atoms with E-state index in [1.165, 1.54) is 30.0 Å². The van der Waals surface area contributed by atoms with Crippen LogP contribution in [0.4, 0.5) is 8.78 Å². The molecule has 0 amide bonds. The molecule has 1 aromatic heterocycles. The van der Waals surface area contributed by atoms with Gasteiger partial charge in [-0.25, -0.2) is 8.78 Å². The molecule has 0 fully saturated rings. The molecule has 0 N–H and O–H groups in total. The Morgan fingerprint density at radius 2 is 1.50 bits per heavy atom. The first-order valence-corrected chi connectivity index (χ1v) is 9.75. The van der Waals surface area contributed by atoms with Crippen LogP contribution in [0.25, 0.3) is 10.9 Å². The Bertz CT molecular complexity index is 1360. The number of ketones is 1. The lowest BCUT2D eigenvalue weighted by Gasteiger charge is -2.15. The van der Waals surface area contributed by atoms with Gasteiger partial charge >= 0.3 is 0 Å². The highest BCUT2D eigenvalue weighted by atomic mass is 19.1. The summed E-state index contributed by atoms with van der Waals surface area (Å²) in [5.74, 6) is -1.11. The van der Waals surface area contributed by atoms with E-state index in [1.54, 1.807) is 43.5 Å². The summed E-state index contributed by atoms with van der Waals surface area (Å²) in [6, 6.07) is 15.0. The van der Waals surface area contributed by atoms with E-state index >= 15 is 0 Å². The summed E-state index contributed by atoms with van der Waals surface area (Å²) in [5, 5.41) is -0.199. The fraction of sp³-hybridized carbons (Fsp3) is 0.120. The molecular weight excluding hydrogens is 416 g/mol. The predicted octanol–water partition coefficient (Wildman–Crippen LogP) is 4.58. The molecular formula is C25H19F2NO4. The Morgan fingerprint density at radius 1 is 0.906 bits per heavy atom. The number of aromatic nitrogens is 1. The van der Waals surface area contributed by atoms with Gasteiger partial charge in [-0.3, -0.25) is 9.59 Å². The number of methoxy groups -OCH3 is 2. The van der Waals surface area contributed by atoms with E-state index in [1.807, 2.05) is 0 Å². The maximum Gasteiger partial charge on any atom is 0.200 e. The van der Waals surface area contributed by atoms with Crippen LogP contribution in [0.2, 0.25) is 0 Å². The van der Waals surface area contributed by atoms with Gasteiger partial charge in [0.2, 0.25) is 5.43 Å². The van der Waals surface area contributed by atoms with Crippen molar-refractivity contribution in [1.82, 2.24) is 4.57 Å². The first-order valence-electron chi connectivity index (χ1n) is 9.75. The molecule has 0 saturated heterocycles. The first kappa shape index (κ1) is 21.2. The Kier molecular flexibility index (Phi) is 5.73. The van der Waals surface area contributed by atoms with Gasteiger partial charge in [0.05, 0.1) is 30.7 Å². The zero-order chi connectivity index (χ0) is 22.8. The fourth-order valence-corrected chi connectivity index (χ4v) is 3.57. The molecule has 0 unspecified atom stereocenters. The van der Waals surface area contributed by atoms with E-state index in [2.05, 4.69) is 0 Å². The molecule has 162 valence electrons. The molecule has 0 aliphatic carbocycles. The fourth-order valence-electron chi connectivity index (χ4n) is 3.57. The number of nitrogens with zero attached hydrogens (tertiary/aromatic N) is 1. The average Bonchev–Trinajstić information content (AvgIpc) is 2.80. The summed E-state index contributed by atoms with van der Waals surface area (Å²) >= 11 is 0. The Morgan fingerprint density at radius 3 is 2.09 bits per heavy atom. The molecule has 0 spiro atoms. The van der Waals surface area contributed by atoms with Crippen LogP contribution >= 0.6 is 0 Å². The molecule has 1 heterocycles.